The molecule has 28 heavy (non-hydrogen) atoms. The summed E-state index contributed by atoms with van der Waals surface area (Å²) in [5, 5.41) is 9.67. The molecule has 2 aromatic carbocycles. The summed E-state index contributed by atoms with van der Waals surface area (Å²) in [7, 11) is 1.52. The van der Waals surface area contributed by atoms with Crippen molar-refractivity contribution in [2.75, 3.05) is 12.4 Å². The van der Waals surface area contributed by atoms with E-state index in [0.717, 1.165) is 5.56 Å². The van der Waals surface area contributed by atoms with Crippen LogP contribution in [0.5, 0.6) is 5.75 Å². The molecule has 0 saturated heterocycles. The van der Waals surface area contributed by atoms with E-state index in [9.17, 15) is 9.59 Å². The third-order valence-corrected chi connectivity index (χ3v) is 5.36. The molecule has 1 atom stereocenters. The highest BCUT2D eigenvalue weighted by atomic mass is 35.5. The maximum absolute atomic E-state index is 12.5. The van der Waals surface area contributed by atoms with Gasteiger partial charge in [0.05, 0.1) is 23.9 Å². The maximum atomic E-state index is 12.5. The molecule has 0 radical (unpaired) electrons. The molecule has 2 N–H and O–H groups in total. The summed E-state index contributed by atoms with van der Waals surface area (Å²) in [6, 6.07) is 14.6. The van der Waals surface area contributed by atoms with Gasteiger partial charge >= 0.3 is 5.69 Å². The lowest BCUT2D eigenvalue weighted by atomic mass is 10.2. The Morgan fingerprint density at radius 2 is 2.07 bits per heavy atom. The molecule has 3 rings (SSSR count). The molecule has 0 saturated carbocycles. The number of nitrogens with one attached hydrogen (secondary N) is 2. The number of aromatic amines is 1. The molecule has 0 aliphatic heterocycles. The van der Waals surface area contributed by atoms with Crippen LogP contribution < -0.4 is 15.7 Å². The lowest BCUT2D eigenvalue weighted by Crippen LogP contribution is -2.24. The number of carbonyl (C=O) groups is 1. The molecule has 0 aliphatic carbocycles. The number of rotatable bonds is 7. The summed E-state index contributed by atoms with van der Waals surface area (Å²) >= 11 is 7.29. The zero-order valence-electron chi connectivity index (χ0n) is 15.3. The summed E-state index contributed by atoms with van der Waals surface area (Å²) in [5.41, 5.74) is 1.21. The van der Waals surface area contributed by atoms with Crippen molar-refractivity contribution in [3.8, 4) is 5.75 Å². The summed E-state index contributed by atoms with van der Waals surface area (Å²) in [6.07, 6.45) is 0. The smallest absolute Gasteiger partial charge is 0.344 e. The minimum Gasteiger partial charge on any atom is -0.495 e. The van der Waals surface area contributed by atoms with Gasteiger partial charge in [0.25, 0.3) is 0 Å². The molecule has 0 fully saturated rings. The van der Waals surface area contributed by atoms with Crippen LogP contribution in [0.15, 0.2) is 58.5 Å². The third-order valence-electron chi connectivity index (χ3n) is 3.98. The Morgan fingerprint density at radius 3 is 2.75 bits per heavy atom. The van der Waals surface area contributed by atoms with Crippen molar-refractivity contribution in [3.63, 3.8) is 0 Å². The molecule has 0 aliphatic rings. The fourth-order valence-corrected chi connectivity index (χ4v) is 3.61. The van der Waals surface area contributed by atoms with Crippen LogP contribution in [0.2, 0.25) is 5.02 Å². The van der Waals surface area contributed by atoms with Crippen LogP contribution in [0.4, 0.5) is 5.69 Å². The minimum atomic E-state index is -0.481. The van der Waals surface area contributed by atoms with E-state index < -0.39 is 5.25 Å². The molecule has 1 aromatic heterocycles. The van der Waals surface area contributed by atoms with E-state index in [4.69, 9.17) is 16.3 Å². The van der Waals surface area contributed by atoms with Crippen LogP contribution in [0.25, 0.3) is 0 Å². The molecule has 9 heteroatoms. The van der Waals surface area contributed by atoms with Gasteiger partial charge in [0.2, 0.25) is 5.91 Å². The molecule has 0 spiro atoms. The number of nitrogens with zero attached hydrogens (tertiary/aromatic N) is 2. The fraction of sp³-hybridized carbons (Fsp3) is 0.211. The number of anilines is 1. The van der Waals surface area contributed by atoms with E-state index in [1.54, 1.807) is 25.1 Å². The highest BCUT2D eigenvalue weighted by Gasteiger charge is 2.19. The second-order valence-electron chi connectivity index (χ2n) is 5.98. The van der Waals surface area contributed by atoms with Crippen LogP contribution in [0, 0.1) is 0 Å². The maximum Gasteiger partial charge on any atom is 0.344 e. The number of hydrogen-bond donors (Lipinski definition) is 2. The number of methoxy groups -OCH3 is 1. The van der Waals surface area contributed by atoms with Gasteiger partial charge in [-0.25, -0.2) is 9.89 Å². The van der Waals surface area contributed by atoms with Crippen molar-refractivity contribution in [1.82, 2.24) is 14.8 Å². The van der Waals surface area contributed by atoms with Gasteiger partial charge < -0.3 is 10.1 Å². The second-order valence-corrected chi connectivity index (χ2v) is 7.70. The van der Waals surface area contributed by atoms with Gasteiger partial charge in [-0.05, 0) is 30.7 Å². The highest BCUT2D eigenvalue weighted by Crippen LogP contribution is 2.28. The predicted molar refractivity (Wildman–Crippen MR) is 110 cm³/mol. The standard InChI is InChI=1S/C19H19ClN4O3S/c1-12(17(25)21-14-8-9-16(27-2)15(20)10-14)28-19-23-22-18(26)24(19)11-13-6-4-3-5-7-13/h3-10,12H,11H2,1-2H3,(H,21,25)(H,22,26). The summed E-state index contributed by atoms with van der Waals surface area (Å²) in [5.74, 6) is 0.302. The van der Waals surface area contributed by atoms with Gasteiger partial charge in [0.15, 0.2) is 5.16 Å². The van der Waals surface area contributed by atoms with E-state index in [2.05, 4.69) is 15.5 Å². The summed E-state index contributed by atoms with van der Waals surface area (Å²) in [6.45, 7) is 2.12. The van der Waals surface area contributed by atoms with Gasteiger partial charge in [-0.2, -0.15) is 0 Å². The molecule has 0 bridgehead atoms. The average molecular weight is 419 g/mol. The van der Waals surface area contributed by atoms with Crippen molar-refractivity contribution in [3.05, 3.63) is 69.6 Å². The first-order valence-electron chi connectivity index (χ1n) is 8.48. The van der Waals surface area contributed by atoms with Crippen LogP contribution in [0.1, 0.15) is 12.5 Å². The normalized spacial score (nSPS) is 11.8. The molecule has 1 unspecified atom stereocenters. The SMILES string of the molecule is COc1ccc(NC(=O)C(C)Sc2n[nH]c(=O)n2Cc2ccccc2)cc1Cl. The first-order chi connectivity index (χ1) is 13.5. The first-order valence-corrected chi connectivity index (χ1v) is 9.74. The van der Waals surface area contributed by atoms with Crippen molar-refractivity contribution in [2.24, 2.45) is 0 Å². The molecular formula is C19H19ClN4O3S. The molecule has 3 aromatic rings. The number of benzene rings is 2. The molecule has 1 heterocycles. The minimum absolute atomic E-state index is 0.229. The average Bonchev–Trinajstić information content (AvgIpc) is 3.02. The second kappa shape index (κ2) is 8.99. The zero-order chi connectivity index (χ0) is 20.1. The Morgan fingerprint density at radius 1 is 1.32 bits per heavy atom. The monoisotopic (exact) mass is 418 g/mol. The molecule has 1 amide bonds. The van der Waals surface area contributed by atoms with Crippen molar-refractivity contribution in [2.45, 2.75) is 23.9 Å². The number of hydrogen-bond acceptors (Lipinski definition) is 5. The number of amides is 1. The van der Waals surface area contributed by atoms with E-state index in [0.29, 0.717) is 28.2 Å². The van der Waals surface area contributed by atoms with Crippen molar-refractivity contribution in [1.29, 1.82) is 0 Å². The number of halogens is 1. The summed E-state index contributed by atoms with van der Waals surface area (Å²) < 4.78 is 6.61. The van der Waals surface area contributed by atoms with E-state index in [-0.39, 0.29) is 11.6 Å². The number of carbonyl (C=O) groups excluding carboxylic acids is 1. The van der Waals surface area contributed by atoms with Crippen LogP contribution in [-0.4, -0.2) is 33.0 Å². The lowest BCUT2D eigenvalue weighted by molar-refractivity contribution is -0.115. The number of H-pyrrole nitrogens is 1. The lowest BCUT2D eigenvalue weighted by Gasteiger charge is -2.13. The molecule has 7 nitrogen and oxygen atoms in total. The Kier molecular flexibility index (Phi) is 6.43. The van der Waals surface area contributed by atoms with Crippen molar-refractivity contribution >= 4 is 35.0 Å². The molecular weight excluding hydrogens is 400 g/mol. The first kappa shape index (κ1) is 20.0. The van der Waals surface area contributed by atoms with Crippen LogP contribution in [0.3, 0.4) is 0 Å². The fourth-order valence-electron chi connectivity index (χ4n) is 2.50. The van der Waals surface area contributed by atoms with Crippen LogP contribution >= 0.6 is 23.4 Å². The van der Waals surface area contributed by atoms with E-state index in [1.807, 2.05) is 30.3 Å². The van der Waals surface area contributed by atoms with Crippen molar-refractivity contribution < 1.29 is 9.53 Å². The quantitative estimate of drug-likeness (QED) is 0.574. The van der Waals surface area contributed by atoms with Gasteiger partial charge in [-0.3, -0.25) is 9.36 Å². The third kappa shape index (κ3) is 4.76. The summed E-state index contributed by atoms with van der Waals surface area (Å²) in [4.78, 5) is 24.6. The van der Waals surface area contributed by atoms with E-state index in [1.165, 1.54) is 23.4 Å². The van der Waals surface area contributed by atoms with Crippen LogP contribution in [-0.2, 0) is 11.3 Å². The number of aromatic nitrogens is 3. The van der Waals surface area contributed by atoms with Gasteiger partial charge in [-0.1, -0.05) is 53.7 Å². The largest absolute Gasteiger partial charge is 0.495 e. The zero-order valence-corrected chi connectivity index (χ0v) is 16.9. The Hall–Kier alpha value is -2.71. The van der Waals surface area contributed by atoms with Gasteiger partial charge in [0, 0.05) is 5.69 Å². The number of ether oxygens (including phenoxy) is 1. The Bertz CT molecular complexity index is 1020. The topological polar surface area (TPSA) is 89.0 Å². The van der Waals surface area contributed by atoms with E-state index >= 15 is 0 Å². The Balaban J connectivity index is 1.69. The predicted octanol–water partition coefficient (Wildman–Crippen LogP) is 3.40. The highest BCUT2D eigenvalue weighted by molar-refractivity contribution is 8.00. The number of thioether (sulfide) groups is 1. The molecule has 146 valence electrons. The Labute approximate surface area is 171 Å². The van der Waals surface area contributed by atoms with Gasteiger partial charge in [0.1, 0.15) is 5.75 Å². The van der Waals surface area contributed by atoms with Gasteiger partial charge in [-0.15, -0.1) is 5.10 Å².